The molecule has 2 aliphatic heterocycles. The van der Waals surface area contributed by atoms with E-state index >= 15 is 0 Å². The second-order valence-electron chi connectivity index (χ2n) is 7.72. The molecule has 0 spiro atoms. The Labute approximate surface area is 205 Å². The van der Waals surface area contributed by atoms with Gasteiger partial charge in [-0.1, -0.05) is 51.8 Å². The molecular formula is C24H24BrClN2O5. The summed E-state index contributed by atoms with van der Waals surface area (Å²) in [5.74, 6) is -0.342. The van der Waals surface area contributed by atoms with E-state index in [4.69, 9.17) is 30.8 Å². The molecule has 2 aliphatic rings. The quantitative estimate of drug-likeness (QED) is 0.512. The minimum atomic E-state index is -0.676. The summed E-state index contributed by atoms with van der Waals surface area (Å²) in [5, 5.41) is 0.297. The van der Waals surface area contributed by atoms with E-state index in [1.54, 1.807) is 24.0 Å². The number of rotatable bonds is 5. The van der Waals surface area contributed by atoms with Gasteiger partial charge in [-0.25, -0.2) is 9.59 Å². The Hall–Kier alpha value is -2.42. The molecule has 2 unspecified atom stereocenters. The van der Waals surface area contributed by atoms with Gasteiger partial charge < -0.3 is 19.1 Å². The second-order valence-corrected chi connectivity index (χ2v) is 8.98. The molecule has 174 valence electrons. The van der Waals surface area contributed by atoms with E-state index < -0.39 is 12.1 Å². The molecule has 2 atom stereocenters. The number of halogens is 2. The van der Waals surface area contributed by atoms with Gasteiger partial charge in [0.05, 0.1) is 24.8 Å². The number of benzene rings is 2. The molecule has 1 fully saturated rings. The first-order valence-electron chi connectivity index (χ1n) is 10.8. The zero-order valence-corrected chi connectivity index (χ0v) is 20.5. The van der Waals surface area contributed by atoms with Crippen LogP contribution in [0.15, 0.2) is 51.9 Å². The lowest BCUT2D eigenvalue weighted by atomic mass is 9.89. The van der Waals surface area contributed by atoms with Crippen LogP contribution in [0, 0.1) is 0 Å². The topological polar surface area (TPSA) is 77.4 Å². The molecule has 33 heavy (non-hydrogen) atoms. The van der Waals surface area contributed by atoms with Crippen LogP contribution >= 0.6 is 27.5 Å². The van der Waals surface area contributed by atoms with Crippen LogP contribution in [0.3, 0.4) is 0 Å². The van der Waals surface area contributed by atoms with Gasteiger partial charge >= 0.3 is 12.1 Å². The maximum absolute atomic E-state index is 12.7. The minimum Gasteiger partial charge on any atom is -0.464 e. The highest BCUT2D eigenvalue weighted by molar-refractivity contribution is 9.10. The molecule has 0 aliphatic carbocycles. The summed E-state index contributed by atoms with van der Waals surface area (Å²) in [6.07, 6.45) is 0.0905. The number of carbonyl (C=O) groups is 2. The smallest absolute Gasteiger partial charge is 0.415 e. The van der Waals surface area contributed by atoms with Crippen LogP contribution in [-0.4, -0.2) is 61.6 Å². The van der Waals surface area contributed by atoms with E-state index in [1.807, 2.05) is 30.3 Å². The molecule has 9 heteroatoms. The van der Waals surface area contributed by atoms with Crippen molar-refractivity contribution in [2.75, 3.05) is 32.9 Å². The third-order valence-electron chi connectivity index (χ3n) is 5.65. The lowest BCUT2D eigenvalue weighted by Crippen LogP contribution is -2.42. The molecule has 2 aromatic rings. The van der Waals surface area contributed by atoms with Crippen molar-refractivity contribution in [3.8, 4) is 5.75 Å². The van der Waals surface area contributed by atoms with E-state index in [2.05, 4.69) is 15.9 Å². The van der Waals surface area contributed by atoms with Gasteiger partial charge in [0, 0.05) is 34.8 Å². The van der Waals surface area contributed by atoms with Gasteiger partial charge in [-0.3, -0.25) is 4.99 Å². The number of hydrogen-bond acceptors (Lipinski definition) is 6. The largest absolute Gasteiger partial charge is 0.464 e. The van der Waals surface area contributed by atoms with Gasteiger partial charge in [0.25, 0.3) is 0 Å². The third kappa shape index (κ3) is 5.39. The third-order valence-corrected chi connectivity index (χ3v) is 6.64. The van der Waals surface area contributed by atoms with Crippen molar-refractivity contribution < 1.29 is 23.8 Å². The van der Waals surface area contributed by atoms with Crippen molar-refractivity contribution in [2.24, 2.45) is 4.99 Å². The SMILES string of the molecule is CCOC(=O)C1N=C(c2ccccc2Br)CC1c1ccc(OC(=O)N2CCOCC2)c(Cl)c1. The molecule has 1 amide bonds. The highest BCUT2D eigenvalue weighted by Crippen LogP contribution is 2.38. The lowest BCUT2D eigenvalue weighted by molar-refractivity contribution is -0.144. The molecule has 0 saturated carbocycles. The molecule has 2 heterocycles. The van der Waals surface area contributed by atoms with Crippen LogP contribution in [0.1, 0.15) is 30.4 Å². The van der Waals surface area contributed by atoms with E-state index in [0.29, 0.717) is 37.7 Å². The van der Waals surface area contributed by atoms with Gasteiger partial charge in [0.2, 0.25) is 0 Å². The maximum Gasteiger partial charge on any atom is 0.415 e. The van der Waals surface area contributed by atoms with Crippen LogP contribution in [0.2, 0.25) is 5.02 Å². The predicted octanol–water partition coefficient (Wildman–Crippen LogP) is 4.84. The fourth-order valence-electron chi connectivity index (χ4n) is 3.99. The zero-order valence-electron chi connectivity index (χ0n) is 18.1. The Morgan fingerprint density at radius 3 is 2.67 bits per heavy atom. The lowest BCUT2D eigenvalue weighted by Gasteiger charge is -2.26. The molecule has 4 rings (SSSR count). The van der Waals surface area contributed by atoms with Crippen molar-refractivity contribution in [3.05, 3.63) is 63.1 Å². The Bertz CT molecular complexity index is 1070. The molecule has 0 N–H and O–H groups in total. The molecule has 7 nitrogen and oxygen atoms in total. The highest BCUT2D eigenvalue weighted by atomic mass is 79.9. The number of amides is 1. The van der Waals surface area contributed by atoms with Gasteiger partial charge in [0.15, 0.2) is 11.8 Å². The number of hydrogen-bond donors (Lipinski definition) is 0. The summed E-state index contributed by atoms with van der Waals surface area (Å²) >= 11 is 10.0. The van der Waals surface area contributed by atoms with Gasteiger partial charge in [-0.2, -0.15) is 0 Å². The normalized spacial score (nSPS) is 20.3. The fraction of sp³-hybridized carbons (Fsp3) is 0.375. The number of aliphatic imine (C=N–C) groups is 1. The molecule has 2 aromatic carbocycles. The Balaban J connectivity index is 1.56. The summed E-state index contributed by atoms with van der Waals surface area (Å²) in [5.41, 5.74) is 2.59. The molecule has 0 bridgehead atoms. The van der Waals surface area contributed by atoms with Gasteiger partial charge in [-0.15, -0.1) is 0 Å². The highest BCUT2D eigenvalue weighted by Gasteiger charge is 2.38. The first kappa shape index (κ1) is 23.7. The van der Waals surface area contributed by atoms with Crippen LogP contribution < -0.4 is 4.74 Å². The Morgan fingerprint density at radius 2 is 1.97 bits per heavy atom. The summed E-state index contributed by atoms with van der Waals surface area (Å²) < 4.78 is 17.0. The van der Waals surface area contributed by atoms with Gasteiger partial charge in [-0.05, 0) is 37.1 Å². The van der Waals surface area contributed by atoms with Crippen LogP contribution in [0.4, 0.5) is 4.79 Å². The average molecular weight is 536 g/mol. The average Bonchev–Trinajstić information content (AvgIpc) is 3.27. The van der Waals surface area contributed by atoms with Crippen LogP contribution in [-0.2, 0) is 14.3 Å². The second kappa shape index (κ2) is 10.7. The van der Waals surface area contributed by atoms with E-state index in [9.17, 15) is 9.59 Å². The first-order valence-corrected chi connectivity index (χ1v) is 12.0. The van der Waals surface area contributed by atoms with E-state index in [0.717, 1.165) is 21.3 Å². The van der Waals surface area contributed by atoms with E-state index in [1.165, 1.54) is 0 Å². The first-order chi connectivity index (χ1) is 16.0. The summed E-state index contributed by atoms with van der Waals surface area (Å²) in [6, 6.07) is 12.3. The minimum absolute atomic E-state index is 0.243. The zero-order chi connectivity index (χ0) is 23.4. The van der Waals surface area contributed by atoms with Crippen molar-refractivity contribution in [1.29, 1.82) is 0 Å². The van der Waals surface area contributed by atoms with Crippen molar-refractivity contribution in [1.82, 2.24) is 4.90 Å². The van der Waals surface area contributed by atoms with Crippen molar-refractivity contribution in [2.45, 2.75) is 25.3 Å². The fourth-order valence-corrected chi connectivity index (χ4v) is 4.73. The summed E-state index contributed by atoms with van der Waals surface area (Å²) in [6.45, 7) is 3.98. The number of esters is 1. The van der Waals surface area contributed by atoms with Crippen molar-refractivity contribution >= 4 is 45.3 Å². The van der Waals surface area contributed by atoms with Crippen LogP contribution in [0.25, 0.3) is 0 Å². The van der Waals surface area contributed by atoms with E-state index in [-0.39, 0.29) is 24.2 Å². The predicted molar refractivity (Wildman–Crippen MR) is 128 cm³/mol. The molecule has 1 saturated heterocycles. The molecule has 0 aromatic heterocycles. The number of carbonyl (C=O) groups excluding carboxylic acids is 2. The monoisotopic (exact) mass is 534 g/mol. The molecular weight excluding hydrogens is 512 g/mol. The molecule has 0 radical (unpaired) electrons. The maximum atomic E-state index is 12.7. The number of nitrogens with zero attached hydrogens (tertiary/aromatic N) is 2. The van der Waals surface area contributed by atoms with Crippen molar-refractivity contribution in [3.63, 3.8) is 0 Å². The van der Waals surface area contributed by atoms with Crippen LogP contribution in [0.5, 0.6) is 5.75 Å². The van der Waals surface area contributed by atoms with Gasteiger partial charge in [0.1, 0.15) is 0 Å². The number of morpholine rings is 1. The summed E-state index contributed by atoms with van der Waals surface area (Å²) in [4.78, 5) is 31.4. The Morgan fingerprint density at radius 1 is 1.21 bits per heavy atom. The standard InChI is InChI=1S/C24H24BrClN2O5/c1-2-32-23(29)22-17(14-20(27-22)16-5-3-4-6-18(16)25)15-7-8-21(19(26)13-15)33-24(30)28-9-11-31-12-10-28/h3-8,13,17,22H,2,9-12,14H2,1H3. The number of ether oxygens (including phenoxy) is 3. The Kier molecular flexibility index (Phi) is 7.67. The summed E-state index contributed by atoms with van der Waals surface area (Å²) in [7, 11) is 0.